The number of carbonyl (C=O) groups excluding carboxylic acids is 2. The van der Waals surface area contributed by atoms with Crippen LogP contribution in [0.4, 0.5) is 5.69 Å². The van der Waals surface area contributed by atoms with Gasteiger partial charge in [0.25, 0.3) is 5.91 Å². The maximum absolute atomic E-state index is 11.5. The summed E-state index contributed by atoms with van der Waals surface area (Å²) in [6.07, 6.45) is 2.58. The standard InChI is InChI=1S/C13H13NO3/c1-7-13(16)14-11-5-8(6-15)4-10(9-2-3-9)12(11)17-7/h4-7,9H,2-3H2,1H3,(H,14,16). The maximum atomic E-state index is 11.5. The molecule has 1 amide bonds. The highest BCUT2D eigenvalue weighted by Gasteiger charge is 2.33. The molecule has 1 aliphatic heterocycles. The molecule has 4 heteroatoms. The Morgan fingerprint density at radius 1 is 1.41 bits per heavy atom. The van der Waals surface area contributed by atoms with Crippen LogP contribution in [0.2, 0.25) is 0 Å². The van der Waals surface area contributed by atoms with E-state index in [2.05, 4.69) is 5.32 Å². The molecule has 1 fully saturated rings. The van der Waals surface area contributed by atoms with Crippen LogP contribution in [0, 0.1) is 0 Å². The van der Waals surface area contributed by atoms with E-state index < -0.39 is 6.10 Å². The Kier molecular flexibility index (Phi) is 2.18. The largest absolute Gasteiger partial charge is 0.478 e. The number of rotatable bonds is 2. The average molecular weight is 231 g/mol. The van der Waals surface area contributed by atoms with Crippen LogP contribution in [0.15, 0.2) is 12.1 Å². The molecule has 88 valence electrons. The molecule has 0 spiro atoms. The van der Waals surface area contributed by atoms with Gasteiger partial charge in [0.1, 0.15) is 12.0 Å². The normalized spacial score (nSPS) is 22.4. The monoisotopic (exact) mass is 231 g/mol. The predicted octanol–water partition coefficient (Wildman–Crippen LogP) is 2.10. The van der Waals surface area contributed by atoms with Gasteiger partial charge in [0.05, 0.1) is 5.69 Å². The van der Waals surface area contributed by atoms with Gasteiger partial charge in [-0.1, -0.05) is 0 Å². The van der Waals surface area contributed by atoms with Crippen LogP contribution in [-0.4, -0.2) is 18.3 Å². The zero-order chi connectivity index (χ0) is 12.0. The van der Waals surface area contributed by atoms with Crippen molar-refractivity contribution in [2.45, 2.75) is 31.8 Å². The molecule has 1 saturated carbocycles. The number of fused-ring (bicyclic) bond motifs is 1. The average Bonchev–Trinajstić information content (AvgIpc) is 3.13. The zero-order valence-corrected chi connectivity index (χ0v) is 9.53. The van der Waals surface area contributed by atoms with Crippen molar-refractivity contribution < 1.29 is 14.3 Å². The molecule has 1 aromatic rings. The summed E-state index contributed by atoms with van der Waals surface area (Å²) < 4.78 is 5.65. The molecule has 17 heavy (non-hydrogen) atoms. The molecule has 0 radical (unpaired) electrons. The number of nitrogens with one attached hydrogen (secondary N) is 1. The first-order chi connectivity index (χ1) is 8.19. The lowest BCUT2D eigenvalue weighted by Gasteiger charge is -2.25. The van der Waals surface area contributed by atoms with Gasteiger partial charge in [-0.05, 0) is 37.8 Å². The molecular formula is C13H13NO3. The molecule has 0 saturated heterocycles. The summed E-state index contributed by atoms with van der Waals surface area (Å²) in [6, 6.07) is 3.53. The van der Waals surface area contributed by atoms with Gasteiger partial charge in [-0.3, -0.25) is 9.59 Å². The van der Waals surface area contributed by atoms with Gasteiger partial charge in [0.2, 0.25) is 0 Å². The van der Waals surface area contributed by atoms with Crippen molar-refractivity contribution in [2.75, 3.05) is 5.32 Å². The molecule has 3 rings (SSSR count). The Bertz CT molecular complexity index is 506. The van der Waals surface area contributed by atoms with Crippen LogP contribution in [0.3, 0.4) is 0 Å². The van der Waals surface area contributed by atoms with Crippen LogP contribution < -0.4 is 10.1 Å². The maximum Gasteiger partial charge on any atom is 0.265 e. The van der Waals surface area contributed by atoms with Crippen molar-refractivity contribution in [1.82, 2.24) is 0 Å². The Morgan fingerprint density at radius 3 is 2.82 bits per heavy atom. The van der Waals surface area contributed by atoms with Crippen LogP contribution in [0.5, 0.6) is 5.75 Å². The van der Waals surface area contributed by atoms with Crippen molar-refractivity contribution in [2.24, 2.45) is 0 Å². The molecule has 2 aliphatic rings. The molecule has 1 aliphatic carbocycles. The Labute approximate surface area is 99.0 Å². The lowest BCUT2D eigenvalue weighted by molar-refractivity contribution is -0.122. The van der Waals surface area contributed by atoms with E-state index in [1.165, 1.54) is 0 Å². The SMILES string of the molecule is CC1Oc2c(cc(C=O)cc2C2CC2)NC1=O. The molecule has 1 N–H and O–H groups in total. The molecule has 1 atom stereocenters. The second kappa shape index (κ2) is 3.58. The topological polar surface area (TPSA) is 55.4 Å². The molecule has 1 heterocycles. The van der Waals surface area contributed by atoms with E-state index in [1.54, 1.807) is 13.0 Å². The summed E-state index contributed by atoms with van der Waals surface area (Å²) in [5, 5.41) is 2.78. The number of amides is 1. The lowest BCUT2D eigenvalue weighted by Crippen LogP contribution is -2.34. The van der Waals surface area contributed by atoms with Gasteiger partial charge in [0, 0.05) is 11.1 Å². The van der Waals surface area contributed by atoms with E-state index in [4.69, 9.17) is 4.74 Å². The molecule has 4 nitrogen and oxygen atoms in total. The van der Waals surface area contributed by atoms with Crippen LogP contribution in [-0.2, 0) is 4.79 Å². The number of hydrogen-bond acceptors (Lipinski definition) is 3. The second-order valence-electron chi connectivity index (χ2n) is 4.63. The van der Waals surface area contributed by atoms with Gasteiger partial charge in [-0.15, -0.1) is 0 Å². The zero-order valence-electron chi connectivity index (χ0n) is 9.53. The molecule has 1 unspecified atom stereocenters. The fourth-order valence-corrected chi connectivity index (χ4v) is 2.13. The molecule has 0 bridgehead atoms. The van der Waals surface area contributed by atoms with E-state index in [1.807, 2.05) is 6.07 Å². The minimum Gasteiger partial charge on any atom is -0.478 e. The number of ether oxygens (including phenoxy) is 1. The van der Waals surface area contributed by atoms with Crippen molar-refractivity contribution in [3.8, 4) is 5.75 Å². The summed E-state index contributed by atoms with van der Waals surface area (Å²) in [5.74, 6) is 1.05. The van der Waals surface area contributed by atoms with Crippen LogP contribution in [0.1, 0.15) is 41.6 Å². The first-order valence-electron chi connectivity index (χ1n) is 5.79. The van der Waals surface area contributed by atoms with E-state index in [0.29, 0.717) is 17.2 Å². The molecular weight excluding hydrogens is 218 g/mol. The first kappa shape index (κ1) is 10.3. The van der Waals surface area contributed by atoms with Crippen molar-refractivity contribution in [3.05, 3.63) is 23.3 Å². The highest BCUT2D eigenvalue weighted by molar-refractivity contribution is 5.99. The van der Waals surface area contributed by atoms with Gasteiger partial charge >= 0.3 is 0 Å². The second-order valence-corrected chi connectivity index (χ2v) is 4.63. The summed E-state index contributed by atoms with van der Waals surface area (Å²) >= 11 is 0. The first-order valence-corrected chi connectivity index (χ1v) is 5.79. The minimum absolute atomic E-state index is 0.165. The number of carbonyl (C=O) groups is 2. The van der Waals surface area contributed by atoms with E-state index in [0.717, 1.165) is 30.4 Å². The highest BCUT2D eigenvalue weighted by Crippen LogP contribution is 2.48. The van der Waals surface area contributed by atoms with E-state index >= 15 is 0 Å². The fourth-order valence-electron chi connectivity index (χ4n) is 2.13. The van der Waals surface area contributed by atoms with Crippen LogP contribution in [0.25, 0.3) is 0 Å². The highest BCUT2D eigenvalue weighted by atomic mass is 16.5. The summed E-state index contributed by atoms with van der Waals surface area (Å²) in [7, 11) is 0. The third-order valence-electron chi connectivity index (χ3n) is 3.21. The number of benzene rings is 1. The smallest absolute Gasteiger partial charge is 0.265 e. The van der Waals surface area contributed by atoms with Crippen LogP contribution >= 0.6 is 0 Å². The minimum atomic E-state index is -0.470. The Hall–Kier alpha value is -1.84. The van der Waals surface area contributed by atoms with Gasteiger partial charge in [0.15, 0.2) is 6.10 Å². The summed E-state index contributed by atoms with van der Waals surface area (Å²) in [6.45, 7) is 1.72. The van der Waals surface area contributed by atoms with E-state index in [-0.39, 0.29) is 5.91 Å². The van der Waals surface area contributed by atoms with Crippen molar-refractivity contribution in [3.63, 3.8) is 0 Å². The number of hydrogen-bond donors (Lipinski definition) is 1. The number of aldehydes is 1. The fraction of sp³-hybridized carbons (Fsp3) is 0.385. The third kappa shape index (κ3) is 1.69. The predicted molar refractivity (Wildman–Crippen MR) is 62.5 cm³/mol. The quantitative estimate of drug-likeness (QED) is 0.793. The molecule has 1 aromatic carbocycles. The Morgan fingerprint density at radius 2 is 2.18 bits per heavy atom. The summed E-state index contributed by atoms with van der Waals surface area (Å²) in [4.78, 5) is 22.4. The number of anilines is 1. The van der Waals surface area contributed by atoms with E-state index in [9.17, 15) is 9.59 Å². The van der Waals surface area contributed by atoms with Crippen molar-refractivity contribution >= 4 is 17.9 Å². The lowest BCUT2D eigenvalue weighted by atomic mass is 10.0. The molecule has 0 aromatic heterocycles. The van der Waals surface area contributed by atoms with Gasteiger partial charge < -0.3 is 10.1 Å². The van der Waals surface area contributed by atoms with Gasteiger partial charge in [-0.25, -0.2) is 0 Å². The summed E-state index contributed by atoms with van der Waals surface area (Å²) in [5.41, 5.74) is 2.26. The van der Waals surface area contributed by atoms with Gasteiger partial charge in [-0.2, -0.15) is 0 Å². The Balaban J connectivity index is 2.12. The van der Waals surface area contributed by atoms with Crippen molar-refractivity contribution in [1.29, 1.82) is 0 Å². The third-order valence-corrected chi connectivity index (χ3v) is 3.21.